The third-order valence-corrected chi connectivity index (χ3v) is 3.87. The van der Waals surface area contributed by atoms with E-state index in [0.29, 0.717) is 6.42 Å². The minimum atomic E-state index is -3.60. The zero-order valence-corrected chi connectivity index (χ0v) is 10.8. The molecule has 0 bridgehead atoms. The molecule has 1 atom stereocenters. The SMILES string of the molecule is CCc1cccc(S(=O)(=O)OC(C)CC)c1. The number of rotatable bonds is 5. The van der Waals surface area contributed by atoms with Gasteiger partial charge in [0.25, 0.3) is 10.1 Å². The van der Waals surface area contributed by atoms with E-state index in [0.717, 1.165) is 12.0 Å². The van der Waals surface area contributed by atoms with Gasteiger partial charge in [-0.15, -0.1) is 0 Å². The van der Waals surface area contributed by atoms with Gasteiger partial charge in [0.15, 0.2) is 0 Å². The van der Waals surface area contributed by atoms with Gasteiger partial charge in [-0.05, 0) is 37.5 Å². The van der Waals surface area contributed by atoms with Crippen LogP contribution in [-0.4, -0.2) is 14.5 Å². The van der Waals surface area contributed by atoms with Gasteiger partial charge in [-0.2, -0.15) is 8.42 Å². The Hall–Kier alpha value is -0.870. The summed E-state index contributed by atoms with van der Waals surface area (Å²) in [6.07, 6.45) is 1.20. The quantitative estimate of drug-likeness (QED) is 0.746. The molecule has 0 aliphatic heterocycles. The van der Waals surface area contributed by atoms with Crippen LogP contribution in [0, 0.1) is 0 Å². The maximum absolute atomic E-state index is 11.8. The van der Waals surface area contributed by atoms with Crippen molar-refractivity contribution in [2.75, 3.05) is 0 Å². The summed E-state index contributed by atoms with van der Waals surface area (Å²) in [5.41, 5.74) is 0.994. The maximum atomic E-state index is 11.8. The molecule has 0 spiro atoms. The van der Waals surface area contributed by atoms with Gasteiger partial charge in [0, 0.05) is 0 Å². The highest BCUT2D eigenvalue weighted by Gasteiger charge is 2.18. The lowest BCUT2D eigenvalue weighted by molar-refractivity contribution is 0.224. The minimum absolute atomic E-state index is 0.243. The fraction of sp³-hybridized carbons (Fsp3) is 0.500. The topological polar surface area (TPSA) is 43.4 Å². The van der Waals surface area contributed by atoms with Gasteiger partial charge < -0.3 is 0 Å². The van der Waals surface area contributed by atoms with Crippen LogP contribution in [0.1, 0.15) is 32.8 Å². The summed E-state index contributed by atoms with van der Waals surface area (Å²) < 4.78 is 28.7. The molecule has 1 aromatic rings. The summed E-state index contributed by atoms with van der Waals surface area (Å²) in [5.74, 6) is 0. The normalized spacial score (nSPS) is 13.7. The Morgan fingerprint density at radius 3 is 2.56 bits per heavy atom. The minimum Gasteiger partial charge on any atom is -0.263 e. The molecule has 1 rings (SSSR count). The lowest BCUT2D eigenvalue weighted by Gasteiger charge is -2.11. The van der Waals surface area contributed by atoms with Crippen molar-refractivity contribution >= 4 is 10.1 Å². The Labute approximate surface area is 97.6 Å². The number of aryl methyl sites for hydroxylation is 1. The zero-order valence-electron chi connectivity index (χ0n) is 9.93. The van der Waals surface area contributed by atoms with Gasteiger partial charge in [-0.1, -0.05) is 26.0 Å². The average Bonchev–Trinajstić information content (AvgIpc) is 2.28. The summed E-state index contributed by atoms with van der Waals surface area (Å²) in [5, 5.41) is 0. The Morgan fingerprint density at radius 1 is 1.31 bits per heavy atom. The molecule has 4 heteroatoms. The Morgan fingerprint density at radius 2 is 2.00 bits per heavy atom. The Bertz CT molecular complexity index is 437. The predicted molar refractivity (Wildman–Crippen MR) is 63.8 cm³/mol. The first-order chi connectivity index (χ1) is 7.49. The van der Waals surface area contributed by atoms with E-state index in [1.54, 1.807) is 25.1 Å². The summed E-state index contributed by atoms with van der Waals surface area (Å²) in [7, 11) is -3.60. The molecule has 1 aromatic carbocycles. The van der Waals surface area contributed by atoms with Gasteiger partial charge >= 0.3 is 0 Å². The summed E-state index contributed by atoms with van der Waals surface area (Å²) >= 11 is 0. The molecule has 0 aliphatic carbocycles. The second kappa shape index (κ2) is 5.46. The van der Waals surface area contributed by atoms with Crippen molar-refractivity contribution in [3.05, 3.63) is 29.8 Å². The molecule has 0 heterocycles. The molecule has 0 radical (unpaired) electrons. The van der Waals surface area contributed by atoms with Crippen LogP contribution in [0.15, 0.2) is 29.2 Å². The van der Waals surface area contributed by atoms with E-state index in [2.05, 4.69) is 0 Å². The smallest absolute Gasteiger partial charge is 0.263 e. The highest BCUT2D eigenvalue weighted by Crippen LogP contribution is 2.17. The standard InChI is InChI=1S/C12H18O3S/c1-4-10(3)15-16(13,14)12-8-6-7-11(5-2)9-12/h6-10H,4-5H2,1-3H3. The van der Waals surface area contributed by atoms with E-state index in [1.165, 1.54) is 0 Å². The molecule has 0 aromatic heterocycles. The number of hydrogen-bond acceptors (Lipinski definition) is 3. The fourth-order valence-electron chi connectivity index (χ4n) is 1.26. The van der Waals surface area contributed by atoms with Gasteiger partial charge in [-0.25, -0.2) is 0 Å². The first kappa shape index (κ1) is 13.2. The van der Waals surface area contributed by atoms with Crippen molar-refractivity contribution < 1.29 is 12.6 Å². The first-order valence-corrected chi connectivity index (χ1v) is 6.92. The lowest BCUT2D eigenvalue weighted by atomic mass is 10.2. The van der Waals surface area contributed by atoms with Crippen molar-refractivity contribution in [3.63, 3.8) is 0 Å². The van der Waals surface area contributed by atoms with Crippen LogP contribution in [0.4, 0.5) is 0 Å². The van der Waals surface area contributed by atoms with Gasteiger partial charge in [0.1, 0.15) is 0 Å². The molecule has 0 saturated heterocycles. The molecule has 0 saturated carbocycles. The van der Waals surface area contributed by atoms with Crippen LogP contribution in [0.5, 0.6) is 0 Å². The summed E-state index contributed by atoms with van der Waals surface area (Å²) in [6, 6.07) is 6.88. The molecule has 0 amide bonds. The monoisotopic (exact) mass is 242 g/mol. The average molecular weight is 242 g/mol. The zero-order chi connectivity index (χ0) is 12.2. The highest BCUT2D eigenvalue weighted by molar-refractivity contribution is 7.86. The van der Waals surface area contributed by atoms with Crippen molar-refractivity contribution in [3.8, 4) is 0 Å². The largest absolute Gasteiger partial charge is 0.297 e. The molecule has 3 nitrogen and oxygen atoms in total. The van der Waals surface area contributed by atoms with Crippen LogP contribution >= 0.6 is 0 Å². The van der Waals surface area contributed by atoms with Crippen LogP contribution < -0.4 is 0 Å². The predicted octanol–water partition coefficient (Wildman–Crippen LogP) is 2.75. The molecule has 90 valence electrons. The molecular weight excluding hydrogens is 224 g/mol. The van der Waals surface area contributed by atoms with Crippen molar-refractivity contribution in [1.82, 2.24) is 0 Å². The van der Waals surface area contributed by atoms with Crippen LogP contribution in [0.25, 0.3) is 0 Å². The van der Waals surface area contributed by atoms with Crippen LogP contribution in [-0.2, 0) is 20.7 Å². The van der Waals surface area contributed by atoms with Crippen molar-refractivity contribution in [1.29, 1.82) is 0 Å². The number of benzene rings is 1. The fourth-order valence-corrected chi connectivity index (χ4v) is 2.48. The summed E-state index contributed by atoms with van der Waals surface area (Å²) in [4.78, 5) is 0.243. The van der Waals surface area contributed by atoms with E-state index in [1.807, 2.05) is 19.9 Å². The van der Waals surface area contributed by atoms with Crippen LogP contribution in [0.3, 0.4) is 0 Å². The third kappa shape index (κ3) is 3.32. The van der Waals surface area contributed by atoms with Gasteiger partial charge in [0.2, 0.25) is 0 Å². The van der Waals surface area contributed by atoms with Gasteiger partial charge in [0.05, 0.1) is 11.0 Å². The first-order valence-electron chi connectivity index (χ1n) is 5.51. The van der Waals surface area contributed by atoms with E-state index in [4.69, 9.17) is 4.18 Å². The number of hydrogen-bond donors (Lipinski definition) is 0. The van der Waals surface area contributed by atoms with Gasteiger partial charge in [-0.3, -0.25) is 4.18 Å². The Kier molecular flexibility index (Phi) is 4.50. The van der Waals surface area contributed by atoms with E-state index in [-0.39, 0.29) is 11.0 Å². The second-order valence-electron chi connectivity index (χ2n) is 3.77. The molecule has 1 unspecified atom stereocenters. The molecule has 16 heavy (non-hydrogen) atoms. The van der Waals surface area contributed by atoms with Crippen LogP contribution in [0.2, 0.25) is 0 Å². The maximum Gasteiger partial charge on any atom is 0.297 e. The van der Waals surface area contributed by atoms with E-state index < -0.39 is 10.1 Å². The van der Waals surface area contributed by atoms with E-state index in [9.17, 15) is 8.42 Å². The second-order valence-corrected chi connectivity index (χ2v) is 5.34. The van der Waals surface area contributed by atoms with Crippen molar-refractivity contribution in [2.24, 2.45) is 0 Å². The highest BCUT2D eigenvalue weighted by atomic mass is 32.2. The summed E-state index contributed by atoms with van der Waals surface area (Å²) in [6.45, 7) is 5.63. The molecule has 0 N–H and O–H groups in total. The van der Waals surface area contributed by atoms with E-state index >= 15 is 0 Å². The van der Waals surface area contributed by atoms with Crippen molar-refractivity contribution in [2.45, 2.75) is 44.6 Å². The lowest BCUT2D eigenvalue weighted by Crippen LogP contribution is -2.14. The molecular formula is C12H18O3S. The molecule has 0 aliphatic rings. The third-order valence-electron chi connectivity index (χ3n) is 2.46. The molecule has 0 fully saturated rings. The Balaban J connectivity index is 2.98.